The van der Waals surface area contributed by atoms with Crippen LogP contribution in [-0.4, -0.2) is 33.2 Å². The van der Waals surface area contributed by atoms with Crippen molar-refractivity contribution < 1.29 is 4.52 Å². The number of piperidine rings is 1. The quantitative estimate of drug-likeness (QED) is 0.847. The Labute approximate surface area is 105 Å². The molecule has 0 spiro atoms. The molecule has 0 aromatic carbocycles. The minimum absolute atomic E-state index is 0. The normalized spacial score (nSPS) is 19.9. The van der Waals surface area contributed by atoms with Gasteiger partial charge in [0.15, 0.2) is 5.82 Å². The van der Waals surface area contributed by atoms with Crippen molar-refractivity contribution in [3.05, 3.63) is 18.3 Å². The molecule has 1 saturated heterocycles. The molecule has 1 aliphatic rings. The predicted molar refractivity (Wildman–Crippen MR) is 64.0 cm³/mol. The van der Waals surface area contributed by atoms with Crippen LogP contribution in [0.4, 0.5) is 0 Å². The second-order valence-electron chi connectivity index (χ2n) is 3.94. The minimum atomic E-state index is 0. The maximum atomic E-state index is 5.27. The molecular weight excluding hydrogens is 242 g/mol. The summed E-state index contributed by atoms with van der Waals surface area (Å²) in [6, 6.07) is 0. The Kier molecular flexibility index (Phi) is 3.75. The van der Waals surface area contributed by atoms with E-state index in [4.69, 9.17) is 4.52 Å². The number of nitrogens with zero attached hydrogens (tertiary/aromatic N) is 3. The standard InChI is InChI=1S/C10H13N5O.ClH/c1-2-7(6-11-3-1)10-14-9(15-16-10)8-12-4-5-13-8;/h4-5,7,11H,1-3,6H2,(H,12,13);1H. The van der Waals surface area contributed by atoms with E-state index in [1.54, 1.807) is 12.4 Å². The van der Waals surface area contributed by atoms with Crippen LogP contribution in [-0.2, 0) is 0 Å². The zero-order chi connectivity index (χ0) is 10.8. The highest BCUT2D eigenvalue weighted by Gasteiger charge is 2.22. The van der Waals surface area contributed by atoms with Crippen LogP contribution in [0, 0.1) is 0 Å². The Morgan fingerprint density at radius 1 is 1.41 bits per heavy atom. The van der Waals surface area contributed by atoms with Crippen molar-refractivity contribution in [2.45, 2.75) is 18.8 Å². The number of imidazole rings is 1. The first-order valence-corrected chi connectivity index (χ1v) is 5.47. The van der Waals surface area contributed by atoms with Crippen LogP contribution in [0.3, 0.4) is 0 Å². The van der Waals surface area contributed by atoms with Gasteiger partial charge in [-0.2, -0.15) is 4.98 Å². The van der Waals surface area contributed by atoms with E-state index in [0.29, 0.717) is 23.5 Å². The van der Waals surface area contributed by atoms with E-state index in [2.05, 4.69) is 25.4 Å². The lowest BCUT2D eigenvalue weighted by Crippen LogP contribution is -2.28. The second-order valence-corrected chi connectivity index (χ2v) is 3.94. The molecule has 0 aliphatic carbocycles. The first-order valence-electron chi connectivity index (χ1n) is 5.47. The van der Waals surface area contributed by atoms with Crippen LogP contribution in [0.5, 0.6) is 0 Å². The lowest BCUT2D eigenvalue weighted by molar-refractivity contribution is 0.322. The molecule has 92 valence electrons. The lowest BCUT2D eigenvalue weighted by Gasteiger charge is -2.18. The lowest BCUT2D eigenvalue weighted by atomic mass is 10.00. The topological polar surface area (TPSA) is 79.6 Å². The van der Waals surface area contributed by atoms with Crippen LogP contribution < -0.4 is 5.32 Å². The van der Waals surface area contributed by atoms with Gasteiger partial charge in [-0.25, -0.2) is 4.98 Å². The van der Waals surface area contributed by atoms with Crippen molar-refractivity contribution in [3.8, 4) is 11.6 Å². The van der Waals surface area contributed by atoms with Crippen molar-refractivity contribution in [3.63, 3.8) is 0 Å². The van der Waals surface area contributed by atoms with Gasteiger partial charge < -0.3 is 14.8 Å². The molecule has 2 N–H and O–H groups in total. The fourth-order valence-corrected chi connectivity index (χ4v) is 1.95. The highest BCUT2D eigenvalue weighted by Crippen LogP contribution is 2.23. The van der Waals surface area contributed by atoms with Crippen molar-refractivity contribution in [1.82, 2.24) is 25.4 Å². The molecule has 1 aliphatic heterocycles. The highest BCUT2D eigenvalue weighted by molar-refractivity contribution is 5.85. The number of nitrogens with one attached hydrogen (secondary N) is 2. The van der Waals surface area contributed by atoms with E-state index < -0.39 is 0 Å². The van der Waals surface area contributed by atoms with Crippen LogP contribution in [0.15, 0.2) is 16.9 Å². The van der Waals surface area contributed by atoms with Crippen LogP contribution in [0.1, 0.15) is 24.7 Å². The van der Waals surface area contributed by atoms with Gasteiger partial charge in [-0.05, 0) is 19.4 Å². The highest BCUT2D eigenvalue weighted by atomic mass is 35.5. The molecule has 7 heteroatoms. The zero-order valence-corrected chi connectivity index (χ0v) is 10.0. The molecule has 0 saturated carbocycles. The molecule has 1 atom stereocenters. The third-order valence-electron chi connectivity index (χ3n) is 2.80. The number of hydrogen-bond donors (Lipinski definition) is 2. The van der Waals surface area contributed by atoms with Gasteiger partial charge in [0.2, 0.25) is 11.7 Å². The fraction of sp³-hybridized carbons (Fsp3) is 0.500. The van der Waals surface area contributed by atoms with E-state index >= 15 is 0 Å². The minimum Gasteiger partial charge on any atom is -0.342 e. The average Bonchev–Trinajstić information content (AvgIpc) is 3.01. The average molecular weight is 256 g/mol. The Morgan fingerprint density at radius 3 is 3.06 bits per heavy atom. The molecular formula is C10H14ClN5O. The molecule has 2 aromatic rings. The third-order valence-corrected chi connectivity index (χ3v) is 2.80. The van der Waals surface area contributed by atoms with Crippen molar-refractivity contribution in [1.29, 1.82) is 0 Å². The van der Waals surface area contributed by atoms with E-state index in [9.17, 15) is 0 Å². The Balaban J connectivity index is 0.00000108. The molecule has 1 unspecified atom stereocenters. The Hall–Kier alpha value is -1.40. The van der Waals surface area contributed by atoms with Gasteiger partial charge in [0.1, 0.15) is 0 Å². The van der Waals surface area contributed by atoms with Crippen molar-refractivity contribution in [2.24, 2.45) is 0 Å². The Bertz CT molecular complexity index is 449. The summed E-state index contributed by atoms with van der Waals surface area (Å²) < 4.78 is 5.27. The number of aromatic nitrogens is 4. The molecule has 17 heavy (non-hydrogen) atoms. The summed E-state index contributed by atoms with van der Waals surface area (Å²) in [6.45, 7) is 2.00. The smallest absolute Gasteiger partial charge is 0.238 e. The van der Waals surface area contributed by atoms with Crippen LogP contribution >= 0.6 is 12.4 Å². The summed E-state index contributed by atoms with van der Waals surface area (Å²) in [7, 11) is 0. The molecule has 3 rings (SSSR count). The van der Waals surface area contributed by atoms with Gasteiger partial charge >= 0.3 is 0 Å². The predicted octanol–water partition coefficient (Wildman–Crippen LogP) is 1.35. The number of rotatable bonds is 2. The van der Waals surface area contributed by atoms with Gasteiger partial charge in [-0.15, -0.1) is 12.4 Å². The maximum Gasteiger partial charge on any atom is 0.238 e. The molecule has 1 fully saturated rings. The molecule has 0 bridgehead atoms. The van der Waals surface area contributed by atoms with E-state index in [1.165, 1.54) is 0 Å². The van der Waals surface area contributed by atoms with E-state index in [0.717, 1.165) is 25.9 Å². The summed E-state index contributed by atoms with van der Waals surface area (Å²) in [4.78, 5) is 11.4. The molecule has 6 nitrogen and oxygen atoms in total. The fourth-order valence-electron chi connectivity index (χ4n) is 1.95. The Morgan fingerprint density at radius 2 is 2.35 bits per heavy atom. The van der Waals surface area contributed by atoms with Crippen molar-refractivity contribution in [2.75, 3.05) is 13.1 Å². The number of H-pyrrole nitrogens is 1. The van der Waals surface area contributed by atoms with Crippen molar-refractivity contribution >= 4 is 12.4 Å². The van der Waals surface area contributed by atoms with Gasteiger partial charge in [0.25, 0.3) is 0 Å². The molecule has 2 aromatic heterocycles. The van der Waals surface area contributed by atoms with Gasteiger partial charge in [0.05, 0.1) is 5.92 Å². The van der Waals surface area contributed by atoms with Crippen LogP contribution in [0.25, 0.3) is 11.6 Å². The third kappa shape index (κ3) is 2.48. The van der Waals surface area contributed by atoms with Gasteiger partial charge in [-0.3, -0.25) is 0 Å². The van der Waals surface area contributed by atoms with Gasteiger partial charge in [0, 0.05) is 18.9 Å². The molecule has 0 radical (unpaired) electrons. The summed E-state index contributed by atoms with van der Waals surface area (Å²) in [6.07, 6.45) is 5.68. The summed E-state index contributed by atoms with van der Waals surface area (Å²) >= 11 is 0. The van der Waals surface area contributed by atoms with Gasteiger partial charge in [-0.1, -0.05) is 5.16 Å². The second kappa shape index (κ2) is 5.29. The zero-order valence-electron chi connectivity index (χ0n) is 9.22. The summed E-state index contributed by atoms with van der Waals surface area (Å²) in [5.74, 6) is 2.23. The first-order chi connectivity index (χ1) is 7.93. The number of aromatic amines is 1. The van der Waals surface area contributed by atoms with E-state index in [-0.39, 0.29) is 12.4 Å². The van der Waals surface area contributed by atoms with E-state index in [1.807, 2.05) is 0 Å². The summed E-state index contributed by atoms with van der Waals surface area (Å²) in [5.41, 5.74) is 0. The summed E-state index contributed by atoms with van der Waals surface area (Å²) in [5, 5.41) is 7.25. The monoisotopic (exact) mass is 255 g/mol. The maximum absolute atomic E-state index is 5.27. The number of halogens is 1. The SMILES string of the molecule is Cl.c1c[nH]c(-c2noc(C3CCCNC3)n2)n1. The molecule has 0 amide bonds. The number of hydrogen-bond acceptors (Lipinski definition) is 5. The largest absolute Gasteiger partial charge is 0.342 e. The molecule has 3 heterocycles. The van der Waals surface area contributed by atoms with Crippen LogP contribution in [0.2, 0.25) is 0 Å². The first kappa shape index (κ1) is 12.1.